The third-order valence-electron chi connectivity index (χ3n) is 14.7. The van der Waals surface area contributed by atoms with Crippen molar-refractivity contribution in [2.45, 2.75) is 82.7 Å². The summed E-state index contributed by atoms with van der Waals surface area (Å²) in [6.07, 6.45) is 3.28. The molecule has 10 N–H and O–H groups in total. The number of nitrogens with zero attached hydrogens (tertiary/aromatic N) is 5. The first-order valence-electron chi connectivity index (χ1n) is 26.8. The molecule has 2 aromatic carbocycles. The number of amides is 8. The average molecular weight is 1240 g/mol. The lowest BCUT2D eigenvalue weighted by atomic mass is 9.85. The Kier molecular flexibility index (Phi) is 17.8. The molecule has 0 spiro atoms. The lowest BCUT2D eigenvalue weighted by Crippen LogP contribution is -2.58. The number of aromatic nitrogens is 4. The predicted molar refractivity (Wildman–Crippen MR) is 314 cm³/mol. The van der Waals surface area contributed by atoms with Gasteiger partial charge in [-0.05, 0) is 46.7 Å². The molecule has 2 saturated heterocycles. The van der Waals surface area contributed by atoms with Gasteiger partial charge in [-0.2, -0.15) is 0 Å². The Bertz CT molecular complexity index is 3920. The summed E-state index contributed by atoms with van der Waals surface area (Å²) in [7, 11) is -2.50. The number of thioether (sulfide) groups is 1. The average Bonchev–Trinajstić information content (AvgIpc) is 1.84. The largest absolute Gasteiger partial charge is 0.391 e. The molecule has 0 bridgehead atoms. The van der Waals surface area contributed by atoms with Crippen LogP contribution in [0.1, 0.15) is 66.0 Å². The molecule has 454 valence electrons. The maximum Gasteiger partial charge on any atom is 0.274 e. The molecule has 86 heavy (non-hydrogen) atoms. The molecule has 3 aliphatic heterocycles. The van der Waals surface area contributed by atoms with Crippen LogP contribution >= 0.6 is 23.1 Å². The van der Waals surface area contributed by atoms with Gasteiger partial charge in [-0.3, -0.25) is 43.2 Å². The van der Waals surface area contributed by atoms with Crippen LogP contribution in [0, 0.1) is 24.0 Å². The number of primary amides is 1. The number of aliphatic hydroxyl groups excluding tert-OH is 1. The number of rotatable bonds is 9. The van der Waals surface area contributed by atoms with Gasteiger partial charge in [0, 0.05) is 79.1 Å². The van der Waals surface area contributed by atoms with E-state index in [-0.39, 0.29) is 58.7 Å². The normalized spacial score (nSPS) is 21.2. The Hall–Kier alpha value is -8.61. The highest BCUT2D eigenvalue weighted by Gasteiger charge is 2.45. The van der Waals surface area contributed by atoms with Crippen molar-refractivity contribution in [3.8, 4) is 21.6 Å². The minimum Gasteiger partial charge on any atom is -0.391 e. The Balaban J connectivity index is 1.06. The van der Waals surface area contributed by atoms with Crippen LogP contribution in [0.25, 0.3) is 32.5 Å². The second kappa shape index (κ2) is 24.8. The molecule has 6 aromatic rings. The summed E-state index contributed by atoms with van der Waals surface area (Å²) in [5.74, 6) is -11.5. The summed E-state index contributed by atoms with van der Waals surface area (Å²) in [5, 5.41) is 26.6. The number of benzene rings is 2. The first kappa shape index (κ1) is 61.9. The van der Waals surface area contributed by atoms with Crippen LogP contribution < -0.4 is 48.1 Å². The number of halogens is 2. The topological polar surface area (TPSA) is 359 Å². The van der Waals surface area contributed by atoms with Crippen LogP contribution in [-0.4, -0.2) is 153 Å². The highest BCUT2D eigenvalue weighted by Crippen LogP contribution is 2.45. The first-order chi connectivity index (χ1) is 40.6. The smallest absolute Gasteiger partial charge is 0.274 e. The van der Waals surface area contributed by atoms with Crippen molar-refractivity contribution in [2.24, 2.45) is 18.2 Å². The van der Waals surface area contributed by atoms with Crippen LogP contribution in [0.2, 0.25) is 0 Å². The van der Waals surface area contributed by atoms with E-state index in [2.05, 4.69) is 46.9 Å². The number of fused-ring (bicyclic) bond motifs is 3. The zero-order valence-electron chi connectivity index (χ0n) is 47.2. The summed E-state index contributed by atoms with van der Waals surface area (Å²) in [4.78, 5) is 141. The molecular formula is C56H61F2N13O12S3. The number of anilines is 2. The highest BCUT2D eigenvalue weighted by atomic mass is 32.2. The van der Waals surface area contributed by atoms with Crippen LogP contribution in [0.3, 0.4) is 0 Å². The molecule has 4 aromatic heterocycles. The zero-order valence-corrected chi connectivity index (χ0v) is 49.7. The minimum atomic E-state index is -3.98. The van der Waals surface area contributed by atoms with Crippen molar-refractivity contribution in [1.82, 2.24) is 56.3 Å². The standard InChI is InChI=1S/C56H61F2N13O12S3/c1-26-46(85-25-64-26)28-9-7-27(8-10-28)44-53(79)63-18-41(73)65-37(51(77)66-38(48(59)75)22-84-23-42(74)67-47(56(2,3)4)55(81)71-20-32(72)13-40(71)52(78)68-44)17-62-50(76)33-14-39-34(11-29(33)24-86(6,82)83)35-21-69(5)54(80)45-43(35)30(15-60-45)19-70(39)49-36(58)12-31(57)16-61-49/h7-12,14-16,21,25,32,37-38,40,44,47,60,72H,13,17-20,22-24H2,1-6H3,(H2,59,75)(H,62,76)(H,63,79)(H,65,73)(H,66,77)(H,67,74)(H,68,78)/t32-,37-,38-,40+,44-,47-/m1/s1. The fourth-order valence-corrected chi connectivity index (χ4v) is 13.0. The van der Waals surface area contributed by atoms with Crippen molar-refractivity contribution < 1.29 is 60.7 Å². The molecule has 3 aliphatic rings. The summed E-state index contributed by atoms with van der Waals surface area (Å²) >= 11 is 2.21. The number of sulfone groups is 1. The zero-order chi connectivity index (χ0) is 62.3. The molecule has 0 unspecified atom stereocenters. The van der Waals surface area contributed by atoms with Crippen LogP contribution in [-0.2, 0) is 62.7 Å². The third-order valence-corrected chi connectivity index (χ3v) is 17.6. The molecule has 0 radical (unpaired) electrons. The molecule has 25 nitrogen and oxygen atoms in total. The van der Waals surface area contributed by atoms with Gasteiger partial charge in [0.1, 0.15) is 41.5 Å². The number of carbonyl (C=O) groups excluding carboxylic acids is 8. The minimum absolute atomic E-state index is 0.0519. The lowest BCUT2D eigenvalue weighted by molar-refractivity contribution is -0.144. The predicted octanol–water partition coefficient (Wildman–Crippen LogP) is 1.23. The van der Waals surface area contributed by atoms with E-state index in [1.807, 2.05) is 6.92 Å². The Morgan fingerprint density at radius 1 is 0.930 bits per heavy atom. The monoisotopic (exact) mass is 1240 g/mol. The number of hydrogen-bond acceptors (Lipinski definition) is 17. The third kappa shape index (κ3) is 13.4. The van der Waals surface area contributed by atoms with Crippen molar-refractivity contribution >= 4 is 103 Å². The van der Waals surface area contributed by atoms with Crippen LogP contribution in [0.15, 0.2) is 71.4 Å². The van der Waals surface area contributed by atoms with Gasteiger partial charge in [0.05, 0.1) is 58.7 Å². The molecule has 8 amide bonds. The summed E-state index contributed by atoms with van der Waals surface area (Å²) in [5.41, 5.74) is 8.50. The lowest BCUT2D eigenvalue weighted by Gasteiger charge is -2.35. The fraction of sp³-hybridized carbons (Fsp3) is 0.375. The van der Waals surface area contributed by atoms with E-state index in [1.54, 1.807) is 50.5 Å². The second-order valence-electron chi connectivity index (χ2n) is 22.3. The van der Waals surface area contributed by atoms with Crippen molar-refractivity contribution in [3.05, 3.63) is 117 Å². The number of pyridine rings is 2. The summed E-state index contributed by atoms with van der Waals surface area (Å²) < 4.78 is 57.9. The van der Waals surface area contributed by atoms with Gasteiger partial charge in [-0.1, -0.05) is 45.0 Å². The van der Waals surface area contributed by atoms with Crippen molar-refractivity contribution in [1.29, 1.82) is 0 Å². The Morgan fingerprint density at radius 2 is 1.66 bits per heavy atom. The van der Waals surface area contributed by atoms with E-state index in [1.165, 1.54) is 52.4 Å². The van der Waals surface area contributed by atoms with Crippen molar-refractivity contribution in [3.63, 3.8) is 0 Å². The van der Waals surface area contributed by atoms with E-state index in [0.717, 1.165) is 45.2 Å². The number of carbonyl (C=O) groups is 8. The van der Waals surface area contributed by atoms with Crippen molar-refractivity contribution in [2.75, 3.05) is 42.3 Å². The molecule has 7 heterocycles. The van der Waals surface area contributed by atoms with Crippen LogP contribution in [0.4, 0.5) is 20.3 Å². The number of aromatic amines is 1. The molecule has 0 aliphatic carbocycles. The molecule has 30 heteroatoms. The number of nitrogens with one attached hydrogen (secondary N) is 7. The molecular weight excluding hydrogens is 1180 g/mol. The van der Waals surface area contributed by atoms with Gasteiger partial charge in [0.2, 0.25) is 41.4 Å². The molecule has 0 saturated carbocycles. The highest BCUT2D eigenvalue weighted by molar-refractivity contribution is 8.00. The Labute approximate surface area is 498 Å². The van der Waals surface area contributed by atoms with Gasteiger partial charge < -0.3 is 62.1 Å². The number of aliphatic hydroxyl groups is 1. The number of aryl methyl sites for hydroxylation is 2. The van der Waals surface area contributed by atoms with Gasteiger partial charge in [-0.15, -0.1) is 23.1 Å². The SMILES string of the molecule is Cc1ncsc1-c1ccc([C@H]2NC(=O)[C@@H]3C[C@@H](O)CN3C(=O)[C@H](C(C)(C)C)NC(=O)CSC[C@H](C(N)=O)NC(=O)[C@@H](CNC(=O)c3cc4c(cc3CS(C)(=O)=O)-c3cn(C)c(=O)c5[nH]cc(c35)CN4c3ncc(F)cc3F)NC(=O)CNC2=O)cc1. The first-order valence-corrected chi connectivity index (χ1v) is 30.9. The quantitative estimate of drug-likeness (QED) is 0.0983. The number of H-pyrrole nitrogens is 1. The number of hydrogen-bond donors (Lipinski definition) is 9. The maximum atomic E-state index is 15.9. The van der Waals surface area contributed by atoms with E-state index in [0.29, 0.717) is 22.6 Å². The van der Waals surface area contributed by atoms with Gasteiger partial charge in [-0.25, -0.2) is 27.2 Å². The molecule has 9 rings (SSSR count). The Morgan fingerprint density at radius 3 is 2.33 bits per heavy atom. The van der Waals surface area contributed by atoms with E-state index in [4.69, 9.17) is 5.73 Å². The second-order valence-corrected chi connectivity index (χ2v) is 26.3. The van der Waals surface area contributed by atoms with E-state index in [9.17, 15) is 61.1 Å². The van der Waals surface area contributed by atoms with Gasteiger partial charge in [0.15, 0.2) is 21.5 Å². The molecule has 2 fully saturated rings. The molecule has 6 atom stereocenters. The summed E-state index contributed by atoms with van der Waals surface area (Å²) in [6.45, 7) is 4.65. The van der Waals surface area contributed by atoms with E-state index >= 15 is 4.39 Å². The maximum absolute atomic E-state index is 15.9. The van der Waals surface area contributed by atoms with Gasteiger partial charge >= 0.3 is 0 Å². The number of nitrogens with two attached hydrogens (primary N) is 1. The fourth-order valence-electron chi connectivity index (χ4n) is 10.5. The summed E-state index contributed by atoms with van der Waals surface area (Å²) in [6, 6.07) is 2.21. The van der Waals surface area contributed by atoms with Crippen LogP contribution in [0.5, 0.6) is 0 Å². The van der Waals surface area contributed by atoms with E-state index < -0.39 is 146 Å². The number of thiazole rings is 1. The van der Waals surface area contributed by atoms with Gasteiger partial charge in [0.25, 0.3) is 11.5 Å².